The number of hydrogen-bond donors (Lipinski definition) is 1. The summed E-state index contributed by atoms with van der Waals surface area (Å²) in [7, 11) is 0. The lowest BCUT2D eigenvalue weighted by atomic mass is 10.1. The Morgan fingerprint density at radius 3 is 1.26 bits per heavy atom. The lowest BCUT2D eigenvalue weighted by molar-refractivity contribution is 0.687. The molecule has 0 aromatic heterocycles. The van der Waals surface area contributed by atoms with Crippen LogP contribution in [0.25, 0.3) is 0 Å². The topological polar surface area (TPSA) is 12.0 Å². The van der Waals surface area contributed by atoms with Crippen LogP contribution in [0.5, 0.6) is 0 Å². The number of benzene rings is 2. The summed E-state index contributed by atoms with van der Waals surface area (Å²) in [5.74, 6) is 2.14. The van der Waals surface area contributed by atoms with Crippen molar-refractivity contribution in [2.24, 2.45) is 0 Å². The molecular formula is C24H35NS2. The van der Waals surface area contributed by atoms with Crippen molar-refractivity contribution in [3.8, 4) is 0 Å². The first-order valence-corrected chi connectivity index (χ1v) is 11.7. The Morgan fingerprint density at radius 2 is 0.926 bits per heavy atom. The molecule has 27 heavy (non-hydrogen) atoms. The maximum Gasteiger partial charge on any atom is 0.0211 e. The normalized spacial score (nSPS) is 12.4. The van der Waals surface area contributed by atoms with Crippen molar-refractivity contribution in [1.29, 1.82) is 0 Å². The van der Waals surface area contributed by atoms with Crippen LogP contribution >= 0.6 is 23.5 Å². The molecule has 0 radical (unpaired) electrons. The Morgan fingerprint density at radius 1 is 0.593 bits per heavy atom. The van der Waals surface area contributed by atoms with E-state index in [1.54, 1.807) is 0 Å². The van der Waals surface area contributed by atoms with Gasteiger partial charge in [0.25, 0.3) is 0 Å². The molecule has 0 saturated carbocycles. The van der Waals surface area contributed by atoms with Crippen LogP contribution in [0.1, 0.15) is 63.8 Å². The smallest absolute Gasteiger partial charge is 0.0211 e. The predicted octanol–water partition coefficient (Wildman–Crippen LogP) is 7.04. The third-order valence-electron chi connectivity index (χ3n) is 4.19. The molecule has 0 fully saturated rings. The van der Waals surface area contributed by atoms with Crippen molar-refractivity contribution < 1.29 is 0 Å². The van der Waals surface area contributed by atoms with Gasteiger partial charge in [0.1, 0.15) is 0 Å². The maximum atomic E-state index is 3.67. The number of thioether (sulfide) groups is 2. The molecule has 0 unspecified atom stereocenters. The molecule has 0 saturated heterocycles. The highest BCUT2D eigenvalue weighted by molar-refractivity contribution is 8.00. The van der Waals surface area contributed by atoms with Gasteiger partial charge in [-0.25, -0.2) is 0 Å². The van der Waals surface area contributed by atoms with E-state index in [1.165, 1.54) is 22.3 Å². The number of hydrogen-bond acceptors (Lipinski definition) is 3. The van der Waals surface area contributed by atoms with E-state index in [-0.39, 0.29) is 0 Å². The minimum absolute atomic E-state index is 0.296. The predicted molar refractivity (Wildman–Crippen MR) is 126 cm³/mol. The molecular weight excluding hydrogens is 366 g/mol. The second-order valence-electron chi connectivity index (χ2n) is 8.94. The molecule has 3 heteroatoms. The van der Waals surface area contributed by atoms with Gasteiger partial charge >= 0.3 is 0 Å². The molecule has 2 aromatic rings. The van der Waals surface area contributed by atoms with Crippen LogP contribution in [0.4, 0.5) is 0 Å². The van der Waals surface area contributed by atoms with Crippen LogP contribution in [0.2, 0.25) is 0 Å². The van der Waals surface area contributed by atoms with Gasteiger partial charge in [0.05, 0.1) is 0 Å². The molecule has 2 aromatic carbocycles. The van der Waals surface area contributed by atoms with Gasteiger partial charge in [-0.1, -0.05) is 90.1 Å². The van der Waals surface area contributed by atoms with Crippen LogP contribution in [0.3, 0.4) is 0 Å². The van der Waals surface area contributed by atoms with Crippen LogP contribution in [0.15, 0.2) is 48.5 Å². The molecule has 2 rings (SSSR count). The molecule has 0 bridgehead atoms. The molecule has 0 aliphatic rings. The zero-order valence-electron chi connectivity index (χ0n) is 17.8. The highest BCUT2D eigenvalue weighted by atomic mass is 32.2. The second-order valence-corrected chi connectivity index (χ2v) is 12.5. The Labute approximate surface area is 175 Å². The van der Waals surface area contributed by atoms with E-state index in [0.29, 0.717) is 9.49 Å². The van der Waals surface area contributed by atoms with E-state index in [0.717, 1.165) is 24.6 Å². The highest BCUT2D eigenvalue weighted by Crippen LogP contribution is 2.29. The fraction of sp³-hybridized carbons (Fsp3) is 0.500. The van der Waals surface area contributed by atoms with Gasteiger partial charge in [0, 0.05) is 34.1 Å². The fourth-order valence-corrected chi connectivity index (χ4v) is 4.40. The summed E-state index contributed by atoms with van der Waals surface area (Å²) in [6, 6.07) is 17.7. The summed E-state index contributed by atoms with van der Waals surface area (Å²) < 4.78 is 0.592. The zero-order valence-corrected chi connectivity index (χ0v) is 19.4. The van der Waals surface area contributed by atoms with E-state index in [1.807, 2.05) is 23.5 Å². The zero-order chi connectivity index (χ0) is 19.9. The van der Waals surface area contributed by atoms with Gasteiger partial charge in [-0.2, -0.15) is 23.5 Å². The highest BCUT2D eigenvalue weighted by Gasteiger charge is 2.13. The van der Waals surface area contributed by atoms with E-state index in [9.17, 15) is 0 Å². The van der Waals surface area contributed by atoms with Gasteiger partial charge in [0.15, 0.2) is 0 Å². The Bertz CT molecular complexity index is 649. The van der Waals surface area contributed by atoms with Crippen LogP contribution in [-0.2, 0) is 24.6 Å². The molecule has 1 N–H and O–H groups in total. The maximum absolute atomic E-state index is 3.67. The average Bonchev–Trinajstić information content (AvgIpc) is 2.58. The minimum Gasteiger partial charge on any atom is -0.309 e. The lowest BCUT2D eigenvalue weighted by Gasteiger charge is -2.20. The lowest BCUT2D eigenvalue weighted by Crippen LogP contribution is -2.16. The molecule has 1 nitrogen and oxygen atoms in total. The van der Waals surface area contributed by atoms with Gasteiger partial charge in [-0.05, 0) is 22.3 Å². The third-order valence-corrected chi connectivity index (χ3v) is 6.83. The van der Waals surface area contributed by atoms with Crippen LogP contribution < -0.4 is 5.32 Å². The Kier molecular flexibility index (Phi) is 8.33. The molecule has 0 spiro atoms. The molecule has 0 amide bonds. The Balaban J connectivity index is 1.95. The quantitative estimate of drug-likeness (QED) is 0.509. The first kappa shape index (κ1) is 22.4. The molecule has 0 atom stereocenters. The van der Waals surface area contributed by atoms with Gasteiger partial charge in [-0.3, -0.25) is 0 Å². The molecule has 148 valence electrons. The first-order valence-electron chi connectivity index (χ1n) is 9.76. The van der Waals surface area contributed by atoms with Crippen molar-refractivity contribution in [1.82, 2.24) is 5.32 Å². The Hall–Kier alpha value is -0.900. The van der Waals surface area contributed by atoms with E-state index in [2.05, 4.69) is 95.4 Å². The van der Waals surface area contributed by atoms with Crippen molar-refractivity contribution in [3.63, 3.8) is 0 Å². The first-order chi connectivity index (χ1) is 12.6. The van der Waals surface area contributed by atoms with Gasteiger partial charge in [0.2, 0.25) is 0 Å². The van der Waals surface area contributed by atoms with Crippen molar-refractivity contribution in [3.05, 3.63) is 70.8 Å². The summed E-state index contributed by atoms with van der Waals surface area (Å²) in [6.07, 6.45) is 0. The molecule has 0 heterocycles. The summed E-state index contributed by atoms with van der Waals surface area (Å²) in [6.45, 7) is 15.5. The summed E-state index contributed by atoms with van der Waals surface area (Å²) in [5, 5.41) is 3.67. The molecule has 0 aliphatic carbocycles. The summed E-state index contributed by atoms with van der Waals surface area (Å²) in [4.78, 5) is 0. The molecule has 0 aliphatic heterocycles. The standard InChI is InChI=1S/C24H35NS2/c1-23(2,3)26-17-21-13-9-7-11-19(21)15-25-16-20-12-8-10-14-22(20)18-27-24(4,5)6/h7-14,25H,15-18H2,1-6H3. The van der Waals surface area contributed by atoms with E-state index >= 15 is 0 Å². The second kappa shape index (κ2) is 10.0. The van der Waals surface area contributed by atoms with Gasteiger partial charge in [-0.15, -0.1) is 0 Å². The minimum atomic E-state index is 0.296. The van der Waals surface area contributed by atoms with E-state index < -0.39 is 0 Å². The monoisotopic (exact) mass is 401 g/mol. The van der Waals surface area contributed by atoms with Crippen molar-refractivity contribution in [2.75, 3.05) is 0 Å². The largest absolute Gasteiger partial charge is 0.309 e. The van der Waals surface area contributed by atoms with Crippen LogP contribution in [0, 0.1) is 0 Å². The van der Waals surface area contributed by atoms with E-state index in [4.69, 9.17) is 0 Å². The van der Waals surface area contributed by atoms with Crippen molar-refractivity contribution in [2.45, 2.75) is 75.6 Å². The summed E-state index contributed by atoms with van der Waals surface area (Å²) >= 11 is 4.02. The van der Waals surface area contributed by atoms with Crippen LogP contribution in [-0.4, -0.2) is 9.49 Å². The number of rotatable bonds is 8. The third kappa shape index (κ3) is 8.76. The van der Waals surface area contributed by atoms with Gasteiger partial charge < -0.3 is 5.32 Å². The average molecular weight is 402 g/mol. The van der Waals surface area contributed by atoms with Crippen molar-refractivity contribution >= 4 is 23.5 Å². The SMILES string of the molecule is CC(C)(C)SCc1ccccc1CNCc1ccccc1CSC(C)(C)C. The number of nitrogens with one attached hydrogen (secondary N) is 1. The fourth-order valence-electron chi connectivity index (χ4n) is 2.66. The summed E-state index contributed by atoms with van der Waals surface area (Å²) in [5.41, 5.74) is 5.72.